The summed E-state index contributed by atoms with van der Waals surface area (Å²) in [5.74, 6) is 0.325. The summed E-state index contributed by atoms with van der Waals surface area (Å²) in [6.45, 7) is 10.2. The maximum Gasteiger partial charge on any atom is 0.277 e. The number of carbonyl (C=O) groups excluding carboxylic acids is 2. The SMILES string of the molecule is CCCCOCCCN1C(=O)C(c2ccc(OC)cc2)=C(N2CCN(CC)CC2)C1=O. The molecule has 0 radical (unpaired) electrons. The van der Waals surface area contributed by atoms with Crippen LogP contribution in [0.1, 0.15) is 38.7 Å². The van der Waals surface area contributed by atoms with Gasteiger partial charge in [-0.25, -0.2) is 0 Å². The highest BCUT2D eigenvalue weighted by Gasteiger charge is 2.41. The number of benzene rings is 1. The first-order chi connectivity index (χ1) is 15.1. The molecule has 1 saturated heterocycles. The maximum absolute atomic E-state index is 13.4. The third-order valence-corrected chi connectivity index (χ3v) is 5.97. The number of piperazine rings is 1. The van der Waals surface area contributed by atoms with E-state index < -0.39 is 0 Å². The van der Waals surface area contributed by atoms with Crippen LogP contribution < -0.4 is 4.74 Å². The minimum Gasteiger partial charge on any atom is -0.497 e. The van der Waals surface area contributed by atoms with Crippen molar-refractivity contribution < 1.29 is 19.1 Å². The number of amides is 2. The van der Waals surface area contributed by atoms with Gasteiger partial charge in [-0.1, -0.05) is 32.4 Å². The Labute approximate surface area is 185 Å². The number of likely N-dealkylation sites (N-methyl/N-ethyl adjacent to an activating group) is 1. The fraction of sp³-hybridized carbons (Fsp3) is 0.583. The van der Waals surface area contributed by atoms with Crippen molar-refractivity contribution >= 4 is 17.4 Å². The molecule has 0 bridgehead atoms. The first-order valence-electron chi connectivity index (χ1n) is 11.4. The Balaban J connectivity index is 1.79. The van der Waals surface area contributed by atoms with E-state index in [4.69, 9.17) is 9.47 Å². The second-order valence-corrected chi connectivity index (χ2v) is 7.95. The molecular formula is C24H35N3O4. The van der Waals surface area contributed by atoms with Crippen molar-refractivity contribution in [3.8, 4) is 5.75 Å². The highest BCUT2D eigenvalue weighted by molar-refractivity contribution is 6.35. The van der Waals surface area contributed by atoms with Crippen molar-refractivity contribution in [1.29, 1.82) is 0 Å². The summed E-state index contributed by atoms with van der Waals surface area (Å²) in [4.78, 5) is 32.6. The van der Waals surface area contributed by atoms with Crippen LogP contribution in [0.5, 0.6) is 5.75 Å². The lowest BCUT2D eigenvalue weighted by atomic mass is 10.0. The molecule has 7 nitrogen and oxygen atoms in total. The molecule has 0 spiro atoms. The van der Waals surface area contributed by atoms with Crippen LogP contribution in [0.25, 0.3) is 5.57 Å². The summed E-state index contributed by atoms with van der Waals surface area (Å²) < 4.78 is 10.9. The molecule has 3 rings (SSSR count). The zero-order chi connectivity index (χ0) is 22.2. The van der Waals surface area contributed by atoms with E-state index in [1.807, 2.05) is 24.3 Å². The molecule has 31 heavy (non-hydrogen) atoms. The standard InChI is InChI=1S/C24H35N3O4/c1-4-6-17-31-18-7-12-27-23(28)21(19-8-10-20(30-3)11-9-19)22(24(27)29)26-15-13-25(5-2)14-16-26/h8-11H,4-7,12-18H2,1-3H3. The van der Waals surface area contributed by atoms with Gasteiger partial charge in [0, 0.05) is 45.9 Å². The van der Waals surface area contributed by atoms with Gasteiger partial charge >= 0.3 is 0 Å². The van der Waals surface area contributed by atoms with E-state index in [2.05, 4.69) is 23.6 Å². The second kappa shape index (κ2) is 11.3. The number of unbranched alkanes of at least 4 members (excludes halogenated alkanes) is 1. The Hall–Kier alpha value is -2.38. The Bertz CT molecular complexity index is 783. The van der Waals surface area contributed by atoms with Crippen LogP contribution in [-0.2, 0) is 14.3 Å². The lowest BCUT2D eigenvalue weighted by molar-refractivity contribution is -0.137. The molecule has 2 amide bonds. The molecule has 2 heterocycles. The topological polar surface area (TPSA) is 62.3 Å². The summed E-state index contributed by atoms with van der Waals surface area (Å²) in [5, 5.41) is 0. The quantitative estimate of drug-likeness (QED) is 0.398. The normalized spacial score (nSPS) is 17.8. The van der Waals surface area contributed by atoms with Crippen LogP contribution in [0.2, 0.25) is 0 Å². The van der Waals surface area contributed by atoms with E-state index in [0.717, 1.165) is 63.5 Å². The van der Waals surface area contributed by atoms with Gasteiger partial charge in [-0.15, -0.1) is 0 Å². The second-order valence-electron chi connectivity index (χ2n) is 7.95. The lowest BCUT2D eigenvalue weighted by Gasteiger charge is -2.36. The highest BCUT2D eigenvalue weighted by atomic mass is 16.5. The predicted octanol–water partition coefficient (Wildman–Crippen LogP) is 2.62. The van der Waals surface area contributed by atoms with E-state index in [1.165, 1.54) is 4.90 Å². The van der Waals surface area contributed by atoms with Gasteiger partial charge in [0.1, 0.15) is 11.4 Å². The molecule has 170 valence electrons. The number of rotatable bonds is 11. The summed E-state index contributed by atoms with van der Waals surface area (Å²) in [7, 11) is 1.61. The molecule has 7 heteroatoms. The fourth-order valence-corrected chi connectivity index (χ4v) is 4.04. The van der Waals surface area contributed by atoms with E-state index in [1.54, 1.807) is 7.11 Å². The van der Waals surface area contributed by atoms with Crippen molar-refractivity contribution in [3.05, 3.63) is 35.5 Å². The highest BCUT2D eigenvalue weighted by Crippen LogP contribution is 2.33. The number of nitrogens with zero attached hydrogens (tertiary/aromatic N) is 3. The van der Waals surface area contributed by atoms with Crippen molar-refractivity contribution in [2.45, 2.75) is 33.1 Å². The molecule has 0 atom stereocenters. The minimum atomic E-state index is -0.211. The maximum atomic E-state index is 13.4. The molecule has 0 aliphatic carbocycles. The van der Waals surface area contributed by atoms with Gasteiger partial charge < -0.3 is 19.3 Å². The fourth-order valence-electron chi connectivity index (χ4n) is 4.04. The van der Waals surface area contributed by atoms with Gasteiger partial charge in [-0.05, 0) is 37.1 Å². The summed E-state index contributed by atoms with van der Waals surface area (Å²) in [5.41, 5.74) is 1.80. The molecular weight excluding hydrogens is 394 g/mol. The van der Waals surface area contributed by atoms with Gasteiger partial charge in [-0.3, -0.25) is 14.5 Å². The molecule has 0 unspecified atom stereocenters. The molecule has 0 saturated carbocycles. The summed E-state index contributed by atoms with van der Waals surface area (Å²) >= 11 is 0. The average Bonchev–Trinajstić information content (AvgIpc) is 3.06. The van der Waals surface area contributed by atoms with E-state index in [0.29, 0.717) is 30.8 Å². The first-order valence-corrected chi connectivity index (χ1v) is 11.4. The zero-order valence-corrected chi connectivity index (χ0v) is 19.1. The van der Waals surface area contributed by atoms with Crippen LogP contribution in [0.15, 0.2) is 30.0 Å². The van der Waals surface area contributed by atoms with Crippen LogP contribution in [0, 0.1) is 0 Å². The molecule has 2 aliphatic heterocycles. The minimum absolute atomic E-state index is 0.186. The van der Waals surface area contributed by atoms with E-state index in [9.17, 15) is 9.59 Å². The molecule has 1 fully saturated rings. The van der Waals surface area contributed by atoms with Crippen molar-refractivity contribution in [2.24, 2.45) is 0 Å². The first kappa shape index (κ1) is 23.3. The van der Waals surface area contributed by atoms with Gasteiger partial charge in [0.25, 0.3) is 11.8 Å². The van der Waals surface area contributed by atoms with Crippen molar-refractivity contribution in [1.82, 2.24) is 14.7 Å². The van der Waals surface area contributed by atoms with E-state index in [-0.39, 0.29) is 11.8 Å². The van der Waals surface area contributed by atoms with Gasteiger partial charge in [0.05, 0.1) is 12.7 Å². The third-order valence-electron chi connectivity index (χ3n) is 5.97. The lowest BCUT2D eigenvalue weighted by Crippen LogP contribution is -2.47. The Morgan fingerprint density at radius 3 is 2.19 bits per heavy atom. The smallest absolute Gasteiger partial charge is 0.277 e. The summed E-state index contributed by atoms with van der Waals surface area (Å²) in [6, 6.07) is 7.38. The Morgan fingerprint density at radius 2 is 1.58 bits per heavy atom. The summed E-state index contributed by atoms with van der Waals surface area (Å²) in [6.07, 6.45) is 2.76. The molecule has 2 aliphatic rings. The van der Waals surface area contributed by atoms with Gasteiger partial charge in [0.15, 0.2) is 0 Å². The van der Waals surface area contributed by atoms with Crippen LogP contribution in [-0.4, -0.2) is 86.1 Å². The van der Waals surface area contributed by atoms with Crippen LogP contribution in [0.3, 0.4) is 0 Å². The van der Waals surface area contributed by atoms with Gasteiger partial charge in [0.2, 0.25) is 0 Å². The largest absolute Gasteiger partial charge is 0.497 e. The van der Waals surface area contributed by atoms with Crippen LogP contribution in [0.4, 0.5) is 0 Å². The molecule has 1 aromatic rings. The Kier molecular flexibility index (Phi) is 8.49. The average molecular weight is 430 g/mol. The number of imide groups is 1. The van der Waals surface area contributed by atoms with Crippen molar-refractivity contribution in [3.63, 3.8) is 0 Å². The molecule has 1 aromatic carbocycles. The number of methoxy groups -OCH3 is 1. The predicted molar refractivity (Wildman–Crippen MR) is 121 cm³/mol. The number of carbonyl (C=O) groups is 2. The zero-order valence-electron chi connectivity index (χ0n) is 19.1. The molecule has 0 N–H and O–H groups in total. The van der Waals surface area contributed by atoms with Crippen LogP contribution >= 0.6 is 0 Å². The number of hydrogen-bond acceptors (Lipinski definition) is 6. The van der Waals surface area contributed by atoms with Crippen molar-refractivity contribution in [2.75, 3.05) is 59.6 Å². The number of hydrogen-bond donors (Lipinski definition) is 0. The molecule has 0 aromatic heterocycles. The monoisotopic (exact) mass is 429 g/mol. The Morgan fingerprint density at radius 1 is 0.903 bits per heavy atom. The number of ether oxygens (including phenoxy) is 2. The van der Waals surface area contributed by atoms with Gasteiger partial charge in [-0.2, -0.15) is 0 Å². The third kappa shape index (κ3) is 5.46. The van der Waals surface area contributed by atoms with E-state index >= 15 is 0 Å².